The maximum Gasteiger partial charge on any atom is 0.0646 e. The Kier molecular flexibility index (Phi) is 4.51. The van der Waals surface area contributed by atoms with Gasteiger partial charge in [-0.15, -0.1) is 11.3 Å². The van der Waals surface area contributed by atoms with Crippen molar-refractivity contribution in [2.45, 2.75) is 28.5 Å². The molecule has 1 unspecified atom stereocenters. The first-order valence-electron chi connectivity index (χ1n) is 5.41. The van der Waals surface area contributed by atoms with Gasteiger partial charge in [0.25, 0.3) is 0 Å². The van der Waals surface area contributed by atoms with E-state index in [0.717, 1.165) is 16.3 Å². The summed E-state index contributed by atoms with van der Waals surface area (Å²) in [5.41, 5.74) is 7.09. The van der Waals surface area contributed by atoms with Gasteiger partial charge < -0.3 is 5.73 Å². The van der Waals surface area contributed by atoms with Crippen molar-refractivity contribution in [2.24, 2.45) is 5.73 Å². The zero-order valence-electron chi connectivity index (χ0n) is 9.52. The van der Waals surface area contributed by atoms with Crippen molar-refractivity contribution in [1.29, 1.82) is 0 Å². The molecule has 0 aliphatic rings. The fraction of sp³-hybridized carbons (Fsp3) is 0.231. The van der Waals surface area contributed by atoms with Gasteiger partial charge in [0.2, 0.25) is 0 Å². The van der Waals surface area contributed by atoms with E-state index in [1.807, 2.05) is 19.1 Å². The summed E-state index contributed by atoms with van der Waals surface area (Å²) in [6.07, 6.45) is 0.855. The van der Waals surface area contributed by atoms with E-state index in [-0.39, 0.29) is 6.04 Å². The van der Waals surface area contributed by atoms with Crippen LogP contribution in [0.5, 0.6) is 0 Å². The van der Waals surface area contributed by atoms with E-state index < -0.39 is 0 Å². The molecule has 2 aromatic rings. The molecule has 1 aromatic heterocycles. The highest BCUT2D eigenvalue weighted by atomic mass is 35.5. The predicted molar refractivity (Wildman–Crippen MR) is 77.2 cm³/mol. The molecule has 2 N–H and O–H groups in total. The Morgan fingerprint density at radius 3 is 2.82 bits per heavy atom. The van der Waals surface area contributed by atoms with Gasteiger partial charge in [0.1, 0.15) is 0 Å². The van der Waals surface area contributed by atoms with Gasteiger partial charge in [-0.3, -0.25) is 0 Å². The summed E-state index contributed by atoms with van der Waals surface area (Å²) >= 11 is 9.72. The molecule has 1 heterocycles. The minimum atomic E-state index is 0.149. The number of hydrogen-bond acceptors (Lipinski definition) is 3. The lowest BCUT2D eigenvalue weighted by Gasteiger charge is -2.12. The molecule has 1 nitrogen and oxygen atoms in total. The Morgan fingerprint density at radius 1 is 1.35 bits per heavy atom. The standard InChI is InChI=1S/C13H14ClNS2/c1-9(15)8-10-4-2-5-11(14)13(10)17-12-6-3-7-16-12/h2-7,9H,8,15H2,1H3. The van der Waals surface area contributed by atoms with Crippen LogP contribution in [0, 0.1) is 0 Å². The maximum absolute atomic E-state index is 6.27. The SMILES string of the molecule is CC(N)Cc1cccc(Cl)c1Sc1cccs1. The number of nitrogens with two attached hydrogens (primary N) is 1. The van der Waals surface area contributed by atoms with E-state index in [4.69, 9.17) is 17.3 Å². The van der Waals surface area contributed by atoms with Crippen molar-refractivity contribution in [3.63, 3.8) is 0 Å². The highest BCUT2D eigenvalue weighted by Crippen LogP contribution is 2.38. The number of halogens is 1. The molecule has 4 heteroatoms. The summed E-state index contributed by atoms with van der Waals surface area (Å²) in [6, 6.07) is 10.3. The zero-order valence-corrected chi connectivity index (χ0v) is 11.9. The summed E-state index contributed by atoms with van der Waals surface area (Å²) in [5.74, 6) is 0. The normalized spacial score (nSPS) is 12.6. The van der Waals surface area contributed by atoms with E-state index in [1.165, 1.54) is 9.77 Å². The molecule has 0 saturated carbocycles. The van der Waals surface area contributed by atoms with Crippen molar-refractivity contribution in [2.75, 3.05) is 0 Å². The largest absolute Gasteiger partial charge is 0.328 e. The van der Waals surface area contributed by atoms with Crippen molar-refractivity contribution < 1.29 is 0 Å². The molecule has 0 spiro atoms. The van der Waals surface area contributed by atoms with Gasteiger partial charge in [-0.1, -0.05) is 41.6 Å². The Balaban J connectivity index is 2.30. The second-order valence-corrected chi connectivity index (χ2v) is 6.61. The molecule has 0 amide bonds. The molecule has 0 aliphatic carbocycles. The van der Waals surface area contributed by atoms with E-state index >= 15 is 0 Å². The van der Waals surface area contributed by atoms with Crippen molar-refractivity contribution >= 4 is 34.7 Å². The first-order valence-corrected chi connectivity index (χ1v) is 7.48. The van der Waals surface area contributed by atoms with Crippen LogP contribution in [0.3, 0.4) is 0 Å². The summed E-state index contributed by atoms with van der Waals surface area (Å²) < 4.78 is 1.25. The minimum absolute atomic E-state index is 0.149. The molecule has 0 radical (unpaired) electrons. The summed E-state index contributed by atoms with van der Waals surface area (Å²) in [5, 5.41) is 2.88. The van der Waals surface area contributed by atoms with Gasteiger partial charge in [0, 0.05) is 10.9 Å². The molecule has 0 fully saturated rings. The fourth-order valence-electron chi connectivity index (χ4n) is 1.60. The molecular formula is C13H14ClNS2. The molecule has 1 atom stereocenters. The second-order valence-electron chi connectivity index (χ2n) is 3.94. The molecular weight excluding hydrogens is 270 g/mol. The lowest BCUT2D eigenvalue weighted by molar-refractivity contribution is 0.729. The first-order chi connectivity index (χ1) is 8.16. The minimum Gasteiger partial charge on any atom is -0.328 e. The third kappa shape index (κ3) is 3.49. The van der Waals surface area contributed by atoms with Crippen LogP contribution in [-0.2, 0) is 6.42 Å². The lowest BCUT2D eigenvalue weighted by Crippen LogP contribution is -2.18. The number of rotatable bonds is 4. The Labute approximate surface area is 115 Å². The molecule has 1 aromatic carbocycles. The van der Waals surface area contributed by atoms with Crippen molar-refractivity contribution in [1.82, 2.24) is 0 Å². The fourth-order valence-corrected chi connectivity index (χ4v) is 3.76. The van der Waals surface area contributed by atoms with Crippen molar-refractivity contribution in [3.8, 4) is 0 Å². The lowest BCUT2D eigenvalue weighted by atomic mass is 10.1. The van der Waals surface area contributed by atoms with Gasteiger partial charge in [-0.05, 0) is 36.4 Å². The summed E-state index contributed by atoms with van der Waals surface area (Å²) in [7, 11) is 0. The van der Waals surface area contributed by atoms with Crippen LogP contribution in [0.4, 0.5) is 0 Å². The number of hydrogen-bond donors (Lipinski definition) is 1. The van der Waals surface area contributed by atoms with Gasteiger partial charge in [0.15, 0.2) is 0 Å². The Bertz CT molecular complexity index is 480. The van der Waals surface area contributed by atoms with Crippen molar-refractivity contribution in [3.05, 3.63) is 46.3 Å². The highest BCUT2D eigenvalue weighted by Gasteiger charge is 2.10. The van der Waals surface area contributed by atoms with Gasteiger partial charge in [-0.25, -0.2) is 0 Å². The van der Waals surface area contributed by atoms with E-state index in [0.29, 0.717) is 0 Å². The smallest absolute Gasteiger partial charge is 0.0646 e. The highest BCUT2D eigenvalue weighted by molar-refractivity contribution is 8.01. The number of benzene rings is 1. The monoisotopic (exact) mass is 283 g/mol. The van der Waals surface area contributed by atoms with Crippen LogP contribution in [0.25, 0.3) is 0 Å². The van der Waals surface area contributed by atoms with Crippen LogP contribution < -0.4 is 5.73 Å². The predicted octanol–water partition coefficient (Wildman–Crippen LogP) is 4.44. The first kappa shape index (κ1) is 13.0. The second kappa shape index (κ2) is 5.91. The van der Waals surface area contributed by atoms with Crippen LogP contribution in [0.15, 0.2) is 44.8 Å². The third-order valence-corrected chi connectivity index (χ3v) is 4.94. The molecule has 0 saturated heterocycles. The van der Waals surface area contributed by atoms with Gasteiger partial charge >= 0.3 is 0 Å². The molecule has 0 aliphatic heterocycles. The third-order valence-electron chi connectivity index (χ3n) is 2.29. The Hall–Kier alpha value is -0.480. The summed E-state index contributed by atoms with van der Waals surface area (Å²) in [4.78, 5) is 1.13. The van der Waals surface area contributed by atoms with E-state index in [1.54, 1.807) is 23.1 Å². The molecule has 0 bridgehead atoms. The van der Waals surface area contributed by atoms with Crippen LogP contribution in [-0.4, -0.2) is 6.04 Å². The maximum atomic E-state index is 6.27. The number of thiophene rings is 1. The Morgan fingerprint density at radius 2 is 2.18 bits per heavy atom. The van der Waals surface area contributed by atoms with Crippen LogP contribution in [0.1, 0.15) is 12.5 Å². The van der Waals surface area contributed by atoms with Gasteiger partial charge in [-0.2, -0.15) is 0 Å². The van der Waals surface area contributed by atoms with Crippen LogP contribution >= 0.6 is 34.7 Å². The average Bonchev–Trinajstić information content (AvgIpc) is 2.75. The quantitative estimate of drug-likeness (QED) is 0.897. The van der Waals surface area contributed by atoms with Crippen LogP contribution in [0.2, 0.25) is 5.02 Å². The zero-order chi connectivity index (χ0) is 12.3. The molecule has 2 rings (SSSR count). The molecule has 90 valence electrons. The van der Waals surface area contributed by atoms with E-state index in [2.05, 4.69) is 23.6 Å². The van der Waals surface area contributed by atoms with Gasteiger partial charge in [0.05, 0.1) is 9.23 Å². The average molecular weight is 284 g/mol. The summed E-state index contributed by atoms with van der Waals surface area (Å²) in [6.45, 7) is 2.01. The molecule has 17 heavy (non-hydrogen) atoms. The van der Waals surface area contributed by atoms with E-state index in [9.17, 15) is 0 Å². The topological polar surface area (TPSA) is 26.0 Å².